The van der Waals surface area contributed by atoms with Crippen molar-refractivity contribution < 1.29 is 4.79 Å². The largest absolute Gasteiger partial charge is 0.399 e. The molecular weight excluding hydrogens is 316 g/mol. The summed E-state index contributed by atoms with van der Waals surface area (Å²) in [4.78, 5) is 12.1. The van der Waals surface area contributed by atoms with Crippen molar-refractivity contribution in [3.05, 3.63) is 64.1 Å². The van der Waals surface area contributed by atoms with Gasteiger partial charge in [0.2, 0.25) is 5.91 Å². The average molecular weight is 333 g/mol. The molecule has 104 valence electrons. The Labute approximate surface area is 127 Å². The number of nitrogens with two attached hydrogens (primary N) is 1. The predicted octanol–water partition coefficient (Wildman–Crippen LogP) is 3.45. The Hall–Kier alpha value is -1.81. The highest BCUT2D eigenvalue weighted by atomic mass is 79.9. The molecule has 0 aliphatic rings. The van der Waals surface area contributed by atoms with Gasteiger partial charge < -0.3 is 11.1 Å². The summed E-state index contributed by atoms with van der Waals surface area (Å²) in [6.45, 7) is 2.41. The summed E-state index contributed by atoms with van der Waals surface area (Å²) in [7, 11) is 0. The van der Waals surface area contributed by atoms with Crippen LogP contribution in [-0.4, -0.2) is 5.91 Å². The first-order valence-corrected chi connectivity index (χ1v) is 7.23. The van der Waals surface area contributed by atoms with Crippen LogP contribution in [0.1, 0.15) is 24.0 Å². The quantitative estimate of drug-likeness (QED) is 0.842. The van der Waals surface area contributed by atoms with E-state index in [1.165, 1.54) is 0 Å². The van der Waals surface area contributed by atoms with Gasteiger partial charge in [0.15, 0.2) is 0 Å². The van der Waals surface area contributed by atoms with E-state index >= 15 is 0 Å². The number of benzene rings is 2. The van der Waals surface area contributed by atoms with Crippen molar-refractivity contribution in [3.63, 3.8) is 0 Å². The maximum absolute atomic E-state index is 12.1. The van der Waals surface area contributed by atoms with Crippen LogP contribution in [0.4, 0.5) is 5.69 Å². The first-order chi connectivity index (χ1) is 9.56. The number of nitrogens with one attached hydrogen (secondary N) is 1. The molecule has 0 heterocycles. The van der Waals surface area contributed by atoms with Crippen molar-refractivity contribution in [1.29, 1.82) is 0 Å². The number of anilines is 1. The number of amides is 1. The van der Waals surface area contributed by atoms with Crippen molar-refractivity contribution in [2.24, 2.45) is 0 Å². The van der Waals surface area contributed by atoms with Gasteiger partial charge in [-0.1, -0.05) is 40.2 Å². The molecule has 2 aromatic rings. The minimum Gasteiger partial charge on any atom is -0.399 e. The standard InChI is InChI=1S/C16H17BrN2O/c1-11(13-3-2-4-15(18)9-13)16(20)19-10-12-5-7-14(17)8-6-12/h2-9,11H,10,18H2,1H3,(H,19,20). The number of carbonyl (C=O) groups excluding carboxylic acids is 1. The fraction of sp³-hybridized carbons (Fsp3) is 0.188. The Bertz CT molecular complexity index is 596. The molecule has 0 radical (unpaired) electrons. The molecule has 0 fully saturated rings. The number of hydrogen-bond acceptors (Lipinski definition) is 2. The van der Waals surface area contributed by atoms with E-state index in [4.69, 9.17) is 5.73 Å². The van der Waals surface area contributed by atoms with Gasteiger partial charge in [-0.25, -0.2) is 0 Å². The summed E-state index contributed by atoms with van der Waals surface area (Å²) in [5.74, 6) is -0.215. The molecule has 0 saturated heterocycles. The molecule has 2 aromatic carbocycles. The summed E-state index contributed by atoms with van der Waals surface area (Å²) in [6, 6.07) is 15.3. The highest BCUT2D eigenvalue weighted by Crippen LogP contribution is 2.18. The third-order valence-electron chi connectivity index (χ3n) is 3.18. The molecule has 0 aliphatic heterocycles. The number of halogens is 1. The molecule has 1 unspecified atom stereocenters. The Morgan fingerprint density at radius 1 is 1.25 bits per heavy atom. The molecule has 1 amide bonds. The van der Waals surface area contributed by atoms with Gasteiger partial charge in [0, 0.05) is 16.7 Å². The van der Waals surface area contributed by atoms with Gasteiger partial charge in [0.25, 0.3) is 0 Å². The maximum atomic E-state index is 12.1. The zero-order valence-electron chi connectivity index (χ0n) is 11.3. The second kappa shape index (κ2) is 6.57. The fourth-order valence-corrected chi connectivity index (χ4v) is 2.19. The van der Waals surface area contributed by atoms with E-state index in [1.807, 2.05) is 55.5 Å². The summed E-state index contributed by atoms with van der Waals surface area (Å²) in [6.07, 6.45) is 0. The zero-order valence-corrected chi connectivity index (χ0v) is 12.9. The van der Waals surface area contributed by atoms with Crippen LogP contribution in [0, 0.1) is 0 Å². The lowest BCUT2D eigenvalue weighted by Crippen LogP contribution is -2.27. The SMILES string of the molecule is CC(C(=O)NCc1ccc(Br)cc1)c1cccc(N)c1. The lowest BCUT2D eigenvalue weighted by atomic mass is 10.00. The smallest absolute Gasteiger partial charge is 0.227 e. The summed E-state index contributed by atoms with van der Waals surface area (Å²) >= 11 is 3.39. The monoisotopic (exact) mass is 332 g/mol. The van der Waals surface area contributed by atoms with E-state index < -0.39 is 0 Å². The van der Waals surface area contributed by atoms with Crippen molar-refractivity contribution in [3.8, 4) is 0 Å². The van der Waals surface area contributed by atoms with Gasteiger partial charge in [-0.15, -0.1) is 0 Å². The van der Waals surface area contributed by atoms with Gasteiger partial charge in [-0.3, -0.25) is 4.79 Å². The number of nitrogen functional groups attached to an aromatic ring is 1. The predicted molar refractivity (Wildman–Crippen MR) is 85.3 cm³/mol. The highest BCUT2D eigenvalue weighted by Gasteiger charge is 2.14. The third-order valence-corrected chi connectivity index (χ3v) is 3.71. The summed E-state index contributed by atoms with van der Waals surface area (Å²) in [5.41, 5.74) is 8.42. The van der Waals surface area contributed by atoms with Crippen LogP contribution >= 0.6 is 15.9 Å². The van der Waals surface area contributed by atoms with Crippen LogP contribution in [0.5, 0.6) is 0 Å². The van der Waals surface area contributed by atoms with Crippen LogP contribution in [-0.2, 0) is 11.3 Å². The highest BCUT2D eigenvalue weighted by molar-refractivity contribution is 9.10. The normalized spacial score (nSPS) is 11.9. The number of hydrogen-bond donors (Lipinski definition) is 2. The molecule has 20 heavy (non-hydrogen) atoms. The second-order valence-electron chi connectivity index (χ2n) is 4.74. The van der Waals surface area contributed by atoms with E-state index in [9.17, 15) is 4.79 Å². The maximum Gasteiger partial charge on any atom is 0.227 e. The summed E-state index contributed by atoms with van der Waals surface area (Å²) < 4.78 is 1.03. The van der Waals surface area contributed by atoms with Crippen molar-refractivity contribution in [1.82, 2.24) is 5.32 Å². The third kappa shape index (κ3) is 3.84. The van der Waals surface area contributed by atoms with Crippen molar-refractivity contribution >= 4 is 27.5 Å². The molecule has 4 heteroatoms. The first kappa shape index (κ1) is 14.6. The van der Waals surface area contributed by atoms with Crippen LogP contribution in [0.3, 0.4) is 0 Å². The van der Waals surface area contributed by atoms with Gasteiger partial charge in [0.1, 0.15) is 0 Å². The Kier molecular flexibility index (Phi) is 4.79. The number of carbonyl (C=O) groups is 1. The Morgan fingerprint density at radius 3 is 2.60 bits per heavy atom. The van der Waals surface area contributed by atoms with Crippen LogP contribution in [0.25, 0.3) is 0 Å². The Balaban J connectivity index is 1.96. The van der Waals surface area contributed by atoms with E-state index in [-0.39, 0.29) is 11.8 Å². The summed E-state index contributed by atoms with van der Waals surface area (Å²) in [5, 5.41) is 2.94. The number of rotatable bonds is 4. The van der Waals surface area contributed by atoms with Crippen LogP contribution < -0.4 is 11.1 Å². The molecule has 2 rings (SSSR count). The fourth-order valence-electron chi connectivity index (χ4n) is 1.92. The molecule has 3 nitrogen and oxygen atoms in total. The molecule has 0 bridgehead atoms. The molecule has 3 N–H and O–H groups in total. The van der Waals surface area contributed by atoms with Crippen LogP contribution in [0.2, 0.25) is 0 Å². The zero-order chi connectivity index (χ0) is 14.5. The van der Waals surface area contributed by atoms with Gasteiger partial charge >= 0.3 is 0 Å². The van der Waals surface area contributed by atoms with Crippen LogP contribution in [0.15, 0.2) is 53.0 Å². The molecule has 0 aliphatic carbocycles. The molecule has 0 spiro atoms. The minimum absolute atomic E-state index is 0.00137. The van der Waals surface area contributed by atoms with E-state index in [0.717, 1.165) is 15.6 Å². The average Bonchev–Trinajstić information content (AvgIpc) is 2.45. The molecular formula is C16H17BrN2O. The lowest BCUT2D eigenvalue weighted by molar-refractivity contribution is -0.122. The molecule has 1 atom stereocenters. The van der Waals surface area contributed by atoms with E-state index in [1.54, 1.807) is 0 Å². The topological polar surface area (TPSA) is 55.1 Å². The van der Waals surface area contributed by atoms with E-state index in [0.29, 0.717) is 12.2 Å². The van der Waals surface area contributed by atoms with Gasteiger partial charge in [0.05, 0.1) is 5.92 Å². The second-order valence-corrected chi connectivity index (χ2v) is 5.65. The molecule has 0 aromatic heterocycles. The van der Waals surface area contributed by atoms with Crippen molar-refractivity contribution in [2.75, 3.05) is 5.73 Å². The van der Waals surface area contributed by atoms with Gasteiger partial charge in [-0.2, -0.15) is 0 Å². The lowest BCUT2D eigenvalue weighted by Gasteiger charge is -2.13. The van der Waals surface area contributed by atoms with Crippen molar-refractivity contribution in [2.45, 2.75) is 19.4 Å². The Morgan fingerprint density at radius 2 is 1.95 bits per heavy atom. The minimum atomic E-state index is -0.214. The molecule has 0 saturated carbocycles. The first-order valence-electron chi connectivity index (χ1n) is 6.44. The van der Waals surface area contributed by atoms with E-state index in [2.05, 4.69) is 21.2 Å². The van der Waals surface area contributed by atoms with Gasteiger partial charge in [-0.05, 0) is 42.3 Å².